The van der Waals surface area contributed by atoms with Gasteiger partial charge in [0.1, 0.15) is 18.2 Å². The molecule has 0 bridgehead atoms. The van der Waals surface area contributed by atoms with Gasteiger partial charge in [0.25, 0.3) is 0 Å². The van der Waals surface area contributed by atoms with E-state index in [1.54, 1.807) is 18.7 Å². The maximum atomic E-state index is 12.9. The quantitative estimate of drug-likeness (QED) is 0.811. The van der Waals surface area contributed by atoms with E-state index in [0.717, 1.165) is 18.4 Å². The number of likely N-dealkylation sites (tertiary alicyclic amines) is 1. The third-order valence-corrected chi connectivity index (χ3v) is 4.99. The van der Waals surface area contributed by atoms with Gasteiger partial charge in [0.05, 0.1) is 0 Å². The average Bonchev–Trinajstić information content (AvgIpc) is 3.05. The van der Waals surface area contributed by atoms with Crippen LogP contribution in [0, 0.1) is 0 Å². The number of ether oxygens (including phenoxy) is 1. The van der Waals surface area contributed by atoms with Gasteiger partial charge in [-0.15, -0.1) is 0 Å². The number of ketones is 1. The summed E-state index contributed by atoms with van der Waals surface area (Å²) >= 11 is 0. The summed E-state index contributed by atoms with van der Waals surface area (Å²) in [5.41, 5.74) is 0.148. The zero-order valence-electron chi connectivity index (χ0n) is 15.8. The molecule has 1 aliphatic heterocycles. The topological polar surface area (TPSA) is 75.7 Å². The summed E-state index contributed by atoms with van der Waals surface area (Å²) in [5, 5.41) is 2.58. The third-order valence-electron chi connectivity index (χ3n) is 4.99. The molecule has 6 heteroatoms. The SMILES string of the molecule is CCCC1(C(C)=O)CCCN1C(=O)[C@H](C)NC(=O)OCc1ccccc1. The molecule has 0 aliphatic carbocycles. The number of hydrogen-bond donors (Lipinski definition) is 1. The van der Waals surface area contributed by atoms with Gasteiger partial charge in [0.2, 0.25) is 5.91 Å². The van der Waals surface area contributed by atoms with Crippen LogP contribution in [0.15, 0.2) is 30.3 Å². The van der Waals surface area contributed by atoms with Crippen molar-refractivity contribution in [1.29, 1.82) is 0 Å². The van der Waals surface area contributed by atoms with Gasteiger partial charge in [-0.05, 0) is 38.7 Å². The van der Waals surface area contributed by atoms with Crippen molar-refractivity contribution in [1.82, 2.24) is 10.2 Å². The van der Waals surface area contributed by atoms with Crippen LogP contribution in [0.3, 0.4) is 0 Å². The van der Waals surface area contributed by atoms with E-state index in [4.69, 9.17) is 4.74 Å². The molecule has 0 radical (unpaired) electrons. The van der Waals surface area contributed by atoms with Gasteiger partial charge < -0.3 is 15.0 Å². The standard InChI is InChI=1S/C20H28N2O4/c1-4-11-20(16(3)23)12-8-13-22(20)18(24)15(2)21-19(25)26-14-17-9-6-5-7-10-17/h5-7,9-10,15H,4,8,11-14H2,1-3H3,(H,21,25)/t15-,20?/m0/s1. The molecular weight excluding hydrogens is 332 g/mol. The number of benzene rings is 1. The molecule has 1 aromatic rings. The number of alkyl carbamates (subject to hydrolysis) is 1. The van der Waals surface area contributed by atoms with Crippen molar-refractivity contribution in [2.75, 3.05) is 6.54 Å². The van der Waals surface area contributed by atoms with Crippen LogP contribution >= 0.6 is 0 Å². The highest BCUT2D eigenvalue weighted by molar-refractivity contribution is 5.94. The van der Waals surface area contributed by atoms with Crippen LogP contribution in [0.25, 0.3) is 0 Å². The fourth-order valence-corrected chi connectivity index (χ4v) is 3.65. The summed E-state index contributed by atoms with van der Waals surface area (Å²) < 4.78 is 5.17. The van der Waals surface area contributed by atoms with Gasteiger partial charge in [-0.1, -0.05) is 43.7 Å². The number of nitrogens with zero attached hydrogens (tertiary/aromatic N) is 1. The third kappa shape index (κ3) is 4.42. The summed E-state index contributed by atoms with van der Waals surface area (Å²) in [6, 6.07) is 8.59. The summed E-state index contributed by atoms with van der Waals surface area (Å²) in [4.78, 5) is 38.8. The number of nitrogens with one attached hydrogen (secondary N) is 1. The van der Waals surface area contributed by atoms with Crippen LogP contribution in [-0.4, -0.2) is 40.8 Å². The number of hydrogen-bond acceptors (Lipinski definition) is 4. The zero-order valence-corrected chi connectivity index (χ0v) is 15.8. The Morgan fingerprint density at radius 2 is 1.96 bits per heavy atom. The number of amides is 2. The van der Waals surface area contributed by atoms with E-state index in [2.05, 4.69) is 5.32 Å². The van der Waals surface area contributed by atoms with Gasteiger partial charge in [-0.3, -0.25) is 9.59 Å². The first-order valence-corrected chi connectivity index (χ1v) is 9.20. The lowest BCUT2D eigenvalue weighted by atomic mass is 9.86. The normalized spacial score (nSPS) is 20.5. The number of carbonyl (C=O) groups is 3. The van der Waals surface area contributed by atoms with Crippen molar-refractivity contribution in [3.8, 4) is 0 Å². The first-order valence-electron chi connectivity index (χ1n) is 9.20. The molecular formula is C20H28N2O4. The molecule has 1 heterocycles. The highest BCUT2D eigenvalue weighted by Gasteiger charge is 2.47. The Labute approximate surface area is 154 Å². The molecule has 0 saturated carbocycles. The molecule has 0 spiro atoms. The molecule has 2 amide bonds. The first-order chi connectivity index (χ1) is 12.4. The van der Waals surface area contributed by atoms with Crippen molar-refractivity contribution in [2.45, 2.75) is 64.6 Å². The predicted molar refractivity (Wildman–Crippen MR) is 98.5 cm³/mol. The van der Waals surface area contributed by atoms with Crippen LogP contribution in [0.5, 0.6) is 0 Å². The molecule has 1 N–H and O–H groups in total. The van der Waals surface area contributed by atoms with E-state index in [9.17, 15) is 14.4 Å². The van der Waals surface area contributed by atoms with Gasteiger partial charge in [-0.2, -0.15) is 0 Å². The lowest BCUT2D eigenvalue weighted by Crippen LogP contribution is -2.57. The maximum Gasteiger partial charge on any atom is 0.408 e. The molecule has 26 heavy (non-hydrogen) atoms. The van der Waals surface area contributed by atoms with E-state index in [0.29, 0.717) is 19.4 Å². The van der Waals surface area contributed by atoms with E-state index >= 15 is 0 Å². The monoisotopic (exact) mass is 360 g/mol. The average molecular weight is 360 g/mol. The van der Waals surface area contributed by atoms with Crippen molar-refractivity contribution < 1.29 is 19.1 Å². The molecule has 1 unspecified atom stereocenters. The molecule has 6 nitrogen and oxygen atoms in total. The van der Waals surface area contributed by atoms with Crippen LogP contribution in [0.1, 0.15) is 52.0 Å². The van der Waals surface area contributed by atoms with Crippen LogP contribution in [-0.2, 0) is 20.9 Å². The lowest BCUT2D eigenvalue weighted by molar-refractivity contribution is -0.144. The Balaban J connectivity index is 1.95. The number of carbonyl (C=O) groups excluding carboxylic acids is 3. The van der Waals surface area contributed by atoms with Gasteiger partial charge in [0.15, 0.2) is 5.78 Å². The molecule has 1 saturated heterocycles. The molecule has 142 valence electrons. The van der Waals surface area contributed by atoms with Gasteiger partial charge in [-0.25, -0.2) is 4.79 Å². The molecule has 2 atom stereocenters. The first kappa shape index (κ1) is 19.9. The fourth-order valence-electron chi connectivity index (χ4n) is 3.65. The second-order valence-electron chi connectivity index (χ2n) is 6.86. The minimum absolute atomic E-state index is 0.0176. The van der Waals surface area contributed by atoms with E-state index in [1.807, 2.05) is 37.3 Å². The molecule has 1 fully saturated rings. The van der Waals surface area contributed by atoms with Gasteiger partial charge in [0, 0.05) is 6.54 Å². The van der Waals surface area contributed by atoms with Crippen LogP contribution < -0.4 is 5.32 Å². The number of Topliss-reactive ketones (excluding diaryl/α,β-unsaturated/α-hetero) is 1. The zero-order chi connectivity index (χ0) is 19.2. The Hall–Kier alpha value is -2.37. The Morgan fingerprint density at radius 1 is 1.27 bits per heavy atom. The molecule has 2 rings (SSSR count). The van der Waals surface area contributed by atoms with E-state index in [1.165, 1.54) is 0 Å². The highest BCUT2D eigenvalue weighted by atomic mass is 16.5. The molecule has 1 aromatic carbocycles. The second kappa shape index (κ2) is 8.83. The van der Waals surface area contributed by atoms with Crippen molar-refractivity contribution in [3.05, 3.63) is 35.9 Å². The largest absolute Gasteiger partial charge is 0.445 e. The van der Waals surface area contributed by atoms with Crippen molar-refractivity contribution in [3.63, 3.8) is 0 Å². The highest BCUT2D eigenvalue weighted by Crippen LogP contribution is 2.35. The van der Waals surface area contributed by atoms with Crippen LogP contribution in [0.2, 0.25) is 0 Å². The van der Waals surface area contributed by atoms with Crippen molar-refractivity contribution in [2.24, 2.45) is 0 Å². The Kier molecular flexibility index (Phi) is 6.77. The smallest absolute Gasteiger partial charge is 0.408 e. The second-order valence-corrected chi connectivity index (χ2v) is 6.86. The summed E-state index contributed by atoms with van der Waals surface area (Å²) in [7, 11) is 0. The summed E-state index contributed by atoms with van der Waals surface area (Å²) in [5.74, 6) is -0.216. The molecule has 1 aliphatic rings. The minimum atomic E-state index is -0.744. The van der Waals surface area contributed by atoms with Crippen LogP contribution in [0.4, 0.5) is 4.79 Å². The Morgan fingerprint density at radius 3 is 2.58 bits per heavy atom. The molecule has 0 aromatic heterocycles. The fraction of sp³-hybridized carbons (Fsp3) is 0.550. The minimum Gasteiger partial charge on any atom is -0.445 e. The Bertz CT molecular complexity index is 646. The summed E-state index contributed by atoms with van der Waals surface area (Å²) in [6.45, 7) is 5.87. The van der Waals surface area contributed by atoms with Gasteiger partial charge >= 0.3 is 6.09 Å². The number of rotatable bonds is 7. The predicted octanol–water partition coefficient (Wildman–Crippen LogP) is 3.05. The van der Waals surface area contributed by atoms with E-state index < -0.39 is 17.7 Å². The maximum absolute atomic E-state index is 12.9. The lowest BCUT2D eigenvalue weighted by Gasteiger charge is -2.37. The summed E-state index contributed by atoms with van der Waals surface area (Å²) in [6.07, 6.45) is 2.32. The van der Waals surface area contributed by atoms with E-state index in [-0.39, 0.29) is 18.3 Å². The van der Waals surface area contributed by atoms with Crippen molar-refractivity contribution >= 4 is 17.8 Å².